The molecule has 3 aromatic rings. The quantitative estimate of drug-likeness (QED) is 0.674. The Balaban J connectivity index is 2.22. The molecule has 1 heterocycles. The van der Waals surface area contributed by atoms with Gasteiger partial charge < -0.3 is 4.98 Å². The molecular formula is C18H15F2NO. The van der Waals surface area contributed by atoms with E-state index < -0.39 is 11.6 Å². The second-order valence-corrected chi connectivity index (χ2v) is 5.62. The highest BCUT2D eigenvalue weighted by Crippen LogP contribution is 2.32. The summed E-state index contributed by atoms with van der Waals surface area (Å²) >= 11 is 0. The zero-order valence-electron chi connectivity index (χ0n) is 12.3. The molecule has 0 amide bonds. The Labute approximate surface area is 126 Å². The van der Waals surface area contributed by atoms with E-state index in [2.05, 4.69) is 18.8 Å². The molecule has 0 aliphatic rings. The summed E-state index contributed by atoms with van der Waals surface area (Å²) in [5.41, 5.74) is 2.93. The third kappa shape index (κ3) is 2.30. The minimum absolute atomic E-state index is 0.124. The topological polar surface area (TPSA) is 32.9 Å². The minimum Gasteiger partial charge on any atom is -0.354 e. The second-order valence-electron chi connectivity index (χ2n) is 5.62. The van der Waals surface area contributed by atoms with E-state index in [-0.39, 0.29) is 16.5 Å². The largest absolute Gasteiger partial charge is 0.354 e. The number of hydrogen-bond donors (Lipinski definition) is 1. The lowest BCUT2D eigenvalue weighted by Crippen LogP contribution is -1.89. The average Bonchev–Trinajstić information content (AvgIpc) is 2.85. The molecule has 112 valence electrons. The van der Waals surface area contributed by atoms with Gasteiger partial charge in [-0.15, -0.1) is 0 Å². The lowest BCUT2D eigenvalue weighted by atomic mass is 9.99. The molecule has 2 aromatic carbocycles. The van der Waals surface area contributed by atoms with Crippen LogP contribution in [0.2, 0.25) is 0 Å². The van der Waals surface area contributed by atoms with Crippen molar-refractivity contribution in [3.63, 3.8) is 0 Å². The number of benzene rings is 2. The summed E-state index contributed by atoms with van der Waals surface area (Å²) < 4.78 is 27.3. The SMILES string of the molecule is CC(C)c1ccc(-c2[nH]c3cc(F)cc(F)c3c2C=O)cc1. The van der Waals surface area contributed by atoms with E-state index in [1.807, 2.05) is 24.3 Å². The van der Waals surface area contributed by atoms with Gasteiger partial charge in [-0.3, -0.25) is 4.79 Å². The number of nitrogens with one attached hydrogen (secondary N) is 1. The molecule has 0 bridgehead atoms. The molecule has 3 rings (SSSR count). The molecule has 0 fully saturated rings. The maximum absolute atomic E-state index is 14.0. The van der Waals surface area contributed by atoms with Gasteiger partial charge in [-0.05, 0) is 23.1 Å². The fourth-order valence-electron chi connectivity index (χ4n) is 2.65. The number of aromatic nitrogens is 1. The Hall–Kier alpha value is -2.49. The lowest BCUT2D eigenvalue weighted by Gasteiger charge is -2.06. The van der Waals surface area contributed by atoms with Gasteiger partial charge >= 0.3 is 0 Å². The van der Waals surface area contributed by atoms with Crippen molar-refractivity contribution < 1.29 is 13.6 Å². The van der Waals surface area contributed by atoms with Crippen molar-refractivity contribution in [3.8, 4) is 11.3 Å². The van der Waals surface area contributed by atoms with Crippen molar-refractivity contribution in [1.82, 2.24) is 4.98 Å². The van der Waals surface area contributed by atoms with Gasteiger partial charge in [-0.1, -0.05) is 38.1 Å². The Kier molecular flexibility index (Phi) is 3.53. The van der Waals surface area contributed by atoms with Crippen LogP contribution in [0.3, 0.4) is 0 Å². The minimum atomic E-state index is -0.738. The van der Waals surface area contributed by atoms with Crippen molar-refractivity contribution in [3.05, 3.63) is 59.2 Å². The molecule has 0 spiro atoms. The number of carbonyl (C=O) groups is 1. The first kappa shape index (κ1) is 14.4. The fraction of sp³-hybridized carbons (Fsp3) is 0.167. The van der Waals surface area contributed by atoms with Crippen molar-refractivity contribution in [2.45, 2.75) is 19.8 Å². The van der Waals surface area contributed by atoms with Gasteiger partial charge in [0, 0.05) is 11.5 Å². The number of aromatic amines is 1. The van der Waals surface area contributed by atoms with E-state index in [0.29, 0.717) is 17.9 Å². The van der Waals surface area contributed by atoms with Crippen LogP contribution in [0.4, 0.5) is 8.78 Å². The van der Waals surface area contributed by atoms with E-state index in [1.54, 1.807) is 0 Å². The molecule has 22 heavy (non-hydrogen) atoms. The number of hydrogen-bond acceptors (Lipinski definition) is 1. The molecule has 0 atom stereocenters. The van der Waals surface area contributed by atoms with E-state index in [1.165, 1.54) is 11.6 Å². The van der Waals surface area contributed by atoms with Gasteiger partial charge in [-0.2, -0.15) is 0 Å². The van der Waals surface area contributed by atoms with Gasteiger partial charge in [0.05, 0.1) is 16.8 Å². The van der Waals surface area contributed by atoms with Crippen LogP contribution in [0.5, 0.6) is 0 Å². The molecule has 1 aromatic heterocycles. The van der Waals surface area contributed by atoms with Crippen LogP contribution in [-0.4, -0.2) is 11.3 Å². The third-order valence-corrected chi connectivity index (χ3v) is 3.84. The second kappa shape index (κ2) is 5.37. The third-order valence-electron chi connectivity index (χ3n) is 3.84. The highest BCUT2D eigenvalue weighted by molar-refractivity contribution is 6.04. The van der Waals surface area contributed by atoms with Crippen LogP contribution in [0.25, 0.3) is 22.2 Å². The summed E-state index contributed by atoms with van der Waals surface area (Å²) in [6, 6.07) is 9.67. The predicted octanol–water partition coefficient (Wildman–Crippen LogP) is 5.05. The Morgan fingerprint density at radius 3 is 2.36 bits per heavy atom. The van der Waals surface area contributed by atoms with Crippen molar-refractivity contribution >= 4 is 17.2 Å². The zero-order valence-corrected chi connectivity index (χ0v) is 12.3. The van der Waals surface area contributed by atoms with E-state index in [0.717, 1.165) is 11.6 Å². The predicted molar refractivity (Wildman–Crippen MR) is 83.1 cm³/mol. The smallest absolute Gasteiger partial charge is 0.152 e. The monoisotopic (exact) mass is 299 g/mol. The van der Waals surface area contributed by atoms with Crippen LogP contribution in [0, 0.1) is 11.6 Å². The normalized spacial score (nSPS) is 11.3. The summed E-state index contributed by atoms with van der Waals surface area (Å²) in [5, 5.41) is 0.124. The van der Waals surface area contributed by atoms with Gasteiger partial charge in [-0.25, -0.2) is 8.78 Å². The summed E-state index contributed by atoms with van der Waals surface area (Å²) in [4.78, 5) is 14.4. The van der Waals surface area contributed by atoms with Crippen molar-refractivity contribution in [2.24, 2.45) is 0 Å². The molecule has 0 saturated heterocycles. The number of fused-ring (bicyclic) bond motifs is 1. The molecule has 1 N–H and O–H groups in total. The Morgan fingerprint density at radius 2 is 1.77 bits per heavy atom. The highest BCUT2D eigenvalue weighted by atomic mass is 19.1. The number of halogens is 2. The van der Waals surface area contributed by atoms with E-state index in [4.69, 9.17) is 0 Å². The van der Waals surface area contributed by atoms with Crippen LogP contribution in [0.1, 0.15) is 35.7 Å². The fourth-order valence-corrected chi connectivity index (χ4v) is 2.65. The van der Waals surface area contributed by atoms with E-state index >= 15 is 0 Å². The molecular weight excluding hydrogens is 284 g/mol. The molecule has 0 aliphatic carbocycles. The van der Waals surface area contributed by atoms with Crippen LogP contribution < -0.4 is 0 Å². The maximum atomic E-state index is 14.0. The molecule has 0 radical (unpaired) electrons. The molecule has 0 saturated carbocycles. The first-order valence-electron chi connectivity index (χ1n) is 7.07. The van der Waals surface area contributed by atoms with E-state index in [9.17, 15) is 13.6 Å². The summed E-state index contributed by atoms with van der Waals surface area (Å²) in [7, 11) is 0. The highest BCUT2D eigenvalue weighted by Gasteiger charge is 2.17. The number of H-pyrrole nitrogens is 1. The van der Waals surface area contributed by atoms with Gasteiger partial charge in [0.1, 0.15) is 11.6 Å². The van der Waals surface area contributed by atoms with Gasteiger partial charge in [0.25, 0.3) is 0 Å². The first-order chi connectivity index (χ1) is 10.5. The summed E-state index contributed by atoms with van der Waals surface area (Å²) in [5.74, 6) is -1.02. The van der Waals surface area contributed by atoms with Gasteiger partial charge in [0.2, 0.25) is 0 Å². The summed E-state index contributed by atoms with van der Waals surface area (Å²) in [6.45, 7) is 4.18. The van der Waals surface area contributed by atoms with Crippen LogP contribution >= 0.6 is 0 Å². The molecule has 0 unspecified atom stereocenters. The Bertz CT molecular complexity index is 848. The van der Waals surface area contributed by atoms with Gasteiger partial charge in [0.15, 0.2) is 6.29 Å². The number of carbonyl (C=O) groups excluding carboxylic acids is 1. The van der Waals surface area contributed by atoms with Crippen LogP contribution in [0.15, 0.2) is 36.4 Å². The number of aldehydes is 1. The standard InChI is InChI=1S/C18H15F2NO/c1-10(2)11-3-5-12(6-4-11)18-14(9-22)17-15(20)7-13(19)8-16(17)21-18/h3-10,21H,1-2H3. The van der Waals surface area contributed by atoms with Crippen molar-refractivity contribution in [1.29, 1.82) is 0 Å². The molecule has 4 heteroatoms. The maximum Gasteiger partial charge on any atom is 0.152 e. The lowest BCUT2D eigenvalue weighted by molar-refractivity contribution is 0.112. The number of rotatable bonds is 3. The van der Waals surface area contributed by atoms with Crippen molar-refractivity contribution in [2.75, 3.05) is 0 Å². The zero-order chi connectivity index (χ0) is 15.9. The average molecular weight is 299 g/mol. The molecule has 0 aliphatic heterocycles. The summed E-state index contributed by atoms with van der Waals surface area (Å²) in [6.07, 6.45) is 0.603. The Morgan fingerprint density at radius 1 is 1.09 bits per heavy atom. The molecule has 2 nitrogen and oxygen atoms in total. The first-order valence-corrected chi connectivity index (χ1v) is 7.07. The van der Waals surface area contributed by atoms with Crippen LogP contribution in [-0.2, 0) is 0 Å².